The Bertz CT molecular complexity index is 564. The largest absolute Gasteiger partial charge is 0.480 e. The molecule has 1 aliphatic rings. The van der Waals surface area contributed by atoms with Gasteiger partial charge in [0.15, 0.2) is 0 Å². The van der Waals surface area contributed by atoms with Crippen LogP contribution >= 0.6 is 0 Å². The highest BCUT2D eigenvalue weighted by atomic mass is 16.4. The van der Waals surface area contributed by atoms with Crippen molar-refractivity contribution >= 4 is 29.3 Å². The van der Waals surface area contributed by atoms with E-state index in [1.165, 1.54) is 6.92 Å². The molecule has 0 saturated heterocycles. The summed E-state index contributed by atoms with van der Waals surface area (Å²) in [5.74, 6) is -1.19. The van der Waals surface area contributed by atoms with Gasteiger partial charge in [-0.05, 0) is 43.5 Å². The van der Waals surface area contributed by atoms with Gasteiger partial charge in [0.05, 0.1) is 0 Å². The van der Waals surface area contributed by atoms with Gasteiger partial charge in [-0.15, -0.1) is 0 Å². The fourth-order valence-electron chi connectivity index (χ4n) is 2.14. The predicted octanol–water partition coefficient (Wildman–Crippen LogP) is 1.77. The average molecular weight is 291 g/mol. The first-order valence-electron chi connectivity index (χ1n) is 6.61. The van der Waals surface area contributed by atoms with E-state index in [0.717, 1.165) is 6.42 Å². The Morgan fingerprint density at radius 1 is 1.05 bits per heavy atom. The third-order valence-electron chi connectivity index (χ3n) is 3.43. The van der Waals surface area contributed by atoms with E-state index in [1.54, 1.807) is 24.3 Å². The number of rotatable bonds is 4. The Kier molecular flexibility index (Phi) is 4.11. The molecule has 0 aliphatic heterocycles. The van der Waals surface area contributed by atoms with Crippen LogP contribution in [-0.2, 0) is 9.59 Å². The topological polar surface area (TPSA) is 108 Å². The van der Waals surface area contributed by atoms with Gasteiger partial charge < -0.3 is 21.1 Å². The van der Waals surface area contributed by atoms with Gasteiger partial charge in [0.25, 0.3) is 0 Å². The van der Waals surface area contributed by atoms with Gasteiger partial charge in [0.2, 0.25) is 5.91 Å². The van der Waals surface area contributed by atoms with E-state index in [-0.39, 0.29) is 5.91 Å². The van der Waals surface area contributed by atoms with Crippen LogP contribution in [0.25, 0.3) is 0 Å². The highest BCUT2D eigenvalue weighted by Crippen LogP contribution is 2.32. The molecule has 112 valence electrons. The highest BCUT2D eigenvalue weighted by Gasteiger charge is 2.45. The van der Waals surface area contributed by atoms with Crippen LogP contribution in [-0.4, -0.2) is 28.6 Å². The second-order valence-corrected chi connectivity index (χ2v) is 5.08. The molecule has 7 heteroatoms. The Morgan fingerprint density at radius 2 is 1.57 bits per heavy atom. The number of hydrogen-bond donors (Lipinski definition) is 4. The van der Waals surface area contributed by atoms with Crippen molar-refractivity contribution in [3.8, 4) is 0 Å². The van der Waals surface area contributed by atoms with E-state index in [2.05, 4.69) is 16.0 Å². The summed E-state index contributed by atoms with van der Waals surface area (Å²) in [6, 6.07) is 5.99. The maximum absolute atomic E-state index is 11.8. The number of aliphatic carboxylic acids is 1. The van der Waals surface area contributed by atoms with E-state index in [4.69, 9.17) is 5.11 Å². The summed E-state index contributed by atoms with van der Waals surface area (Å²) in [5.41, 5.74) is -0.00357. The molecule has 2 rings (SSSR count). The third-order valence-corrected chi connectivity index (χ3v) is 3.43. The molecular weight excluding hydrogens is 274 g/mol. The lowest BCUT2D eigenvalue weighted by molar-refractivity contribution is -0.148. The molecule has 1 aromatic rings. The Balaban J connectivity index is 1.93. The molecule has 1 aliphatic carbocycles. The van der Waals surface area contributed by atoms with Crippen LogP contribution in [0.2, 0.25) is 0 Å². The van der Waals surface area contributed by atoms with E-state index in [0.29, 0.717) is 24.2 Å². The van der Waals surface area contributed by atoms with Gasteiger partial charge in [0, 0.05) is 18.3 Å². The van der Waals surface area contributed by atoms with Crippen molar-refractivity contribution in [3.05, 3.63) is 24.3 Å². The van der Waals surface area contributed by atoms with E-state index < -0.39 is 17.5 Å². The minimum atomic E-state index is -1.14. The van der Waals surface area contributed by atoms with Crippen molar-refractivity contribution in [2.24, 2.45) is 0 Å². The van der Waals surface area contributed by atoms with Gasteiger partial charge in [0.1, 0.15) is 5.54 Å². The molecule has 3 amide bonds. The van der Waals surface area contributed by atoms with Gasteiger partial charge in [-0.2, -0.15) is 0 Å². The molecule has 0 unspecified atom stereocenters. The van der Waals surface area contributed by atoms with Crippen molar-refractivity contribution < 1.29 is 19.5 Å². The summed E-state index contributed by atoms with van der Waals surface area (Å²) in [4.78, 5) is 33.9. The fraction of sp³-hybridized carbons (Fsp3) is 0.357. The minimum Gasteiger partial charge on any atom is -0.480 e. The molecule has 0 radical (unpaired) electrons. The second-order valence-electron chi connectivity index (χ2n) is 5.08. The van der Waals surface area contributed by atoms with Crippen LogP contribution in [0.15, 0.2) is 24.3 Å². The fourth-order valence-corrected chi connectivity index (χ4v) is 2.14. The smallest absolute Gasteiger partial charge is 0.329 e. The highest BCUT2D eigenvalue weighted by molar-refractivity contribution is 5.95. The van der Waals surface area contributed by atoms with E-state index in [1.807, 2.05) is 0 Å². The lowest BCUT2D eigenvalue weighted by Gasteiger charge is -2.38. The van der Waals surface area contributed by atoms with E-state index in [9.17, 15) is 14.4 Å². The lowest BCUT2D eigenvalue weighted by atomic mass is 9.77. The summed E-state index contributed by atoms with van der Waals surface area (Å²) >= 11 is 0. The molecule has 0 bridgehead atoms. The van der Waals surface area contributed by atoms with Crippen LogP contribution in [0.1, 0.15) is 26.2 Å². The molecular formula is C14H17N3O4. The van der Waals surface area contributed by atoms with E-state index >= 15 is 0 Å². The quantitative estimate of drug-likeness (QED) is 0.678. The first kappa shape index (κ1) is 14.8. The monoisotopic (exact) mass is 291 g/mol. The molecule has 0 atom stereocenters. The van der Waals surface area contributed by atoms with Crippen LogP contribution in [0.4, 0.5) is 16.2 Å². The maximum Gasteiger partial charge on any atom is 0.329 e. The number of carboxylic acid groups (broad SMARTS) is 1. The van der Waals surface area contributed by atoms with Gasteiger partial charge in [-0.3, -0.25) is 4.79 Å². The van der Waals surface area contributed by atoms with Crippen molar-refractivity contribution in [2.45, 2.75) is 31.7 Å². The average Bonchev–Trinajstić information content (AvgIpc) is 2.35. The minimum absolute atomic E-state index is 0.179. The first-order valence-corrected chi connectivity index (χ1v) is 6.61. The predicted molar refractivity (Wildman–Crippen MR) is 77.1 cm³/mol. The normalized spacial score (nSPS) is 15.5. The zero-order valence-electron chi connectivity index (χ0n) is 11.6. The second kappa shape index (κ2) is 5.82. The number of hydrogen-bond acceptors (Lipinski definition) is 3. The molecule has 1 saturated carbocycles. The summed E-state index contributed by atoms with van der Waals surface area (Å²) in [5, 5.41) is 16.8. The maximum atomic E-state index is 11.8. The van der Waals surface area contributed by atoms with Gasteiger partial charge in [-0.25, -0.2) is 9.59 Å². The Hall–Kier alpha value is -2.57. The first-order chi connectivity index (χ1) is 9.91. The number of carboxylic acids is 1. The zero-order valence-corrected chi connectivity index (χ0v) is 11.6. The number of benzene rings is 1. The standard InChI is InChI=1S/C14H17N3O4/c1-9(18)15-10-3-5-11(6-4-10)16-13(21)17-14(12(19)20)7-2-8-14/h3-6H,2,7-8H2,1H3,(H,15,18)(H,19,20)(H2,16,17,21). The van der Waals surface area contributed by atoms with Crippen LogP contribution < -0.4 is 16.0 Å². The number of anilines is 2. The van der Waals surface area contributed by atoms with Gasteiger partial charge in [-0.1, -0.05) is 0 Å². The number of nitrogens with one attached hydrogen (secondary N) is 3. The summed E-state index contributed by atoms with van der Waals surface area (Å²) in [7, 11) is 0. The SMILES string of the molecule is CC(=O)Nc1ccc(NC(=O)NC2(C(=O)O)CCC2)cc1. The molecule has 21 heavy (non-hydrogen) atoms. The summed E-state index contributed by atoms with van der Waals surface area (Å²) in [6.45, 7) is 1.41. The van der Waals surface area contributed by atoms with Crippen LogP contribution in [0, 0.1) is 0 Å². The van der Waals surface area contributed by atoms with Crippen LogP contribution in [0.3, 0.4) is 0 Å². The number of carbonyl (C=O) groups excluding carboxylic acids is 2. The molecule has 1 fully saturated rings. The summed E-state index contributed by atoms with van der Waals surface area (Å²) in [6.07, 6.45) is 1.67. The number of urea groups is 1. The van der Waals surface area contributed by atoms with Crippen molar-refractivity contribution in [2.75, 3.05) is 10.6 Å². The van der Waals surface area contributed by atoms with Crippen molar-refractivity contribution in [1.29, 1.82) is 0 Å². The Labute approximate surface area is 121 Å². The molecule has 7 nitrogen and oxygen atoms in total. The molecule has 0 spiro atoms. The van der Waals surface area contributed by atoms with Gasteiger partial charge >= 0.3 is 12.0 Å². The molecule has 1 aromatic carbocycles. The molecule has 0 aromatic heterocycles. The summed E-state index contributed by atoms with van der Waals surface area (Å²) < 4.78 is 0. The molecule has 4 N–H and O–H groups in total. The lowest BCUT2D eigenvalue weighted by Crippen LogP contribution is -2.60. The number of amides is 3. The van der Waals surface area contributed by atoms with Crippen LogP contribution in [0.5, 0.6) is 0 Å². The zero-order chi connectivity index (χ0) is 15.5. The third kappa shape index (κ3) is 3.50. The van der Waals surface area contributed by atoms with Crippen molar-refractivity contribution in [3.63, 3.8) is 0 Å². The molecule has 0 heterocycles. The Morgan fingerprint density at radius 3 is 1.95 bits per heavy atom. The number of carbonyl (C=O) groups is 3. The van der Waals surface area contributed by atoms with Crippen molar-refractivity contribution in [1.82, 2.24) is 5.32 Å².